The summed E-state index contributed by atoms with van der Waals surface area (Å²) in [5.41, 5.74) is 1.11. The third-order valence-corrected chi connectivity index (χ3v) is 3.25. The van der Waals surface area contributed by atoms with E-state index in [0.29, 0.717) is 6.04 Å². The van der Waals surface area contributed by atoms with Gasteiger partial charge in [0.2, 0.25) is 0 Å². The van der Waals surface area contributed by atoms with Crippen molar-refractivity contribution in [2.75, 3.05) is 6.61 Å². The van der Waals surface area contributed by atoms with Gasteiger partial charge in [-0.15, -0.1) is 0 Å². The van der Waals surface area contributed by atoms with Crippen LogP contribution >= 0.6 is 11.6 Å². The van der Waals surface area contributed by atoms with E-state index in [-0.39, 0.29) is 12.6 Å². The maximum atomic E-state index is 9.32. The number of hydrogen-bond acceptors (Lipinski definition) is 2. The average molecular weight is 226 g/mol. The Morgan fingerprint density at radius 1 is 1.33 bits per heavy atom. The first-order valence-corrected chi connectivity index (χ1v) is 5.80. The lowest BCUT2D eigenvalue weighted by Crippen LogP contribution is -2.39. The molecule has 1 atom stereocenters. The van der Waals surface area contributed by atoms with E-state index in [9.17, 15) is 5.11 Å². The molecule has 82 valence electrons. The van der Waals surface area contributed by atoms with Crippen molar-refractivity contribution in [2.45, 2.75) is 31.3 Å². The Labute approximate surface area is 95.3 Å². The van der Waals surface area contributed by atoms with E-state index in [4.69, 9.17) is 11.6 Å². The van der Waals surface area contributed by atoms with Crippen LogP contribution in [0.1, 0.15) is 30.9 Å². The lowest BCUT2D eigenvalue weighted by molar-refractivity contribution is 0.209. The smallest absolute Gasteiger partial charge is 0.0626 e. The summed E-state index contributed by atoms with van der Waals surface area (Å²) in [6.45, 7) is 0.137. The van der Waals surface area contributed by atoms with E-state index in [1.165, 1.54) is 19.3 Å². The summed E-state index contributed by atoms with van der Waals surface area (Å²) in [5, 5.41) is 13.5. The minimum absolute atomic E-state index is 0.0487. The molecule has 1 unspecified atom stereocenters. The third kappa shape index (κ3) is 2.71. The second-order valence-electron chi connectivity index (χ2n) is 4.08. The molecule has 0 amide bonds. The summed E-state index contributed by atoms with van der Waals surface area (Å²) in [4.78, 5) is 0. The number of nitrogens with one attached hydrogen (secondary N) is 1. The molecule has 2 nitrogen and oxygen atoms in total. The van der Waals surface area contributed by atoms with Crippen molar-refractivity contribution >= 4 is 11.6 Å². The second kappa shape index (κ2) is 4.97. The van der Waals surface area contributed by atoms with Gasteiger partial charge >= 0.3 is 0 Å². The monoisotopic (exact) mass is 225 g/mol. The predicted molar refractivity (Wildman–Crippen MR) is 62.1 cm³/mol. The quantitative estimate of drug-likeness (QED) is 0.826. The Hall–Kier alpha value is -0.570. The summed E-state index contributed by atoms with van der Waals surface area (Å²) >= 11 is 5.82. The number of aliphatic hydroxyl groups is 1. The zero-order chi connectivity index (χ0) is 10.7. The molecule has 1 aromatic carbocycles. The van der Waals surface area contributed by atoms with Crippen LogP contribution in [0.3, 0.4) is 0 Å². The van der Waals surface area contributed by atoms with Gasteiger partial charge in [-0.1, -0.05) is 30.2 Å². The molecule has 2 rings (SSSR count). The van der Waals surface area contributed by atoms with Gasteiger partial charge < -0.3 is 10.4 Å². The van der Waals surface area contributed by atoms with Crippen LogP contribution in [0.5, 0.6) is 0 Å². The van der Waals surface area contributed by atoms with Crippen molar-refractivity contribution < 1.29 is 5.11 Å². The zero-order valence-corrected chi connectivity index (χ0v) is 9.37. The normalized spacial score (nSPS) is 18.5. The first kappa shape index (κ1) is 10.9. The van der Waals surface area contributed by atoms with Crippen molar-refractivity contribution in [2.24, 2.45) is 0 Å². The highest BCUT2D eigenvalue weighted by Crippen LogP contribution is 2.23. The van der Waals surface area contributed by atoms with E-state index in [2.05, 4.69) is 5.32 Å². The largest absolute Gasteiger partial charge is 0.394 e. The molecule has 0 aromatic heterocycles. The highest BCUT2D eigenvalue weighted by atomic mass is 35.5. The van der Waals surface area contributed by atoms with Gasteiger partial charge in [-0.3, -0.25) is 0 Å². The summed E-state index contributed by atoms with van der Waals surface area (Å²) in [7, 11) is 0. The lowest BCUT2D eigenvalue weighted by Gasteiger charge is -2.31. The van der Waals surface area contributed by atoms with Crippen molar-refractivity contribution in [1.82, 2.24) is 5.32 Å². The van der Waals surface area contributed by atoms with Crippen LogP contribution in [0.15, 0.2) is 24.3 Å². The van der Waals surface area contributed by atoms with Gasteiger partial charge in [0.25, 0.3) is 0 Å². The topological polar surface area (TPSA) is 32.3 Å². The van der Waals surface area contributed by atoms with E-state index in [1.807, 2.05) is 24.3 Å². The number of halogens is 1. The van der Waals surface area contributed by atoms with Crippen LogP contribution in [0.25, 0.3) is 0 Å². The Kier molecular flexibility index (Phi) is 3.62. The summed E-state index contributed by atoms with van der Waals surface area (Å²) < 4.78 is 0. The summed E-state index contributed by atoms with van der Waals surface area (Å²) in [5.74, 6) is 0. The standard InChI is InChI=1S/C12H16ClNO/c13-10-6-4-9(5-7-10)12(8-15)14-11-2-1-3-11/h4-7,11-12,14-15H,1-3,8H2. The third-order valence-electron chi connectivity index (χ3n) is 3.00. The van der Waals surface area contributed by atoms with E-state index >= 15 is 0 Å². The van der Waals surface area contributed by atoms with Gasteiger partial charge in [0.05, 0.1) is 12.6 Å². The van der Waals surface area contributed by atoms with E-state index in [0.717, 1.165) is 10.6 Å². The van der Waals surface area contributed by atoms with Crippen LogP contribution in [-0.4, -0.2) is 17.8 Å². The number of hydrogen-bond donors (Lipinski definition) is 2. The molecule has 3 heteroatoms. The molecule has 0 radical (unpaired) electrons. The molecule has 1 aliphatic rings. The zero-order valence-electron chi connectivity index (χ0n) is 8.62. The summed E-state index contributed by atoms with van der Waals surface area (Å²) in [6, 6.07) is 8.29. The average Bonchev–Trinajstić information content (AvgIpc) is 2.19. The molecule has 15 heavy (non-hydrogen) atoms. The SMILES string of the molecule is OCC(NC1CCC1)c1ccc(Cl)cc1. The van der Waals surface area contributed by atoms with Gasteiger partial charge in [-0.05, 0) is 30.5 Å². The van der Waals surface area contributed by atoms with Crippen molar-refractivity contribution in [3.05, 3.63) is 34.9 Å². The predicted octanol–water partition coefficient (Wildman–Crippen LogP) is 2.52. The van der Waals surface area contributed by atoms with Crippen LogP contribution in [-0.2, 0) is 0 Å². The van der Waals surface area contributed by atoms with Gasteiger partial charge in [0.1, 0.15) is 0 Å². The fourth-order valence-corrected chi connectivity index (χ4v) is 1.93. The van der Waals surface area contributed by atoms with Gasteiger partial charge in [-0.2, -0.15) is 0 Å². The van der Waals surface area contributed by atoms with Crippen molar-refractivity contribution in [3.63, 3.8) is 0 Å². The summed E-state index contributed by atoms with van der Waals surface area (Å²) in [6.07, 6.45) is 3.75. The maximum absolute atomic E-state index is 9.32. The molecule has 0 spiro atoms. The number of rotatable bonds is 4. The fourth-order valence-electron chi connectivity index (χ4n) is 1.81. The Balaban J connectivity index is 2.01. The minimum Gasteiger partial charge on any atom is -0.394 e. The van der Waals surface area contributed by atoms with Crippen LogP contribution in [0.2, 0.25) is 5.02 Å². The molecule has 1 aliphatic carbocycles. The minimum atomic E-state index is 0.0487. The molecule has 1 aromatic rings. The molecular weight excluding hydrogens is 210 g/mol. The van der Waals surface area contributed by atoms with Crippen LogP contribution < -0.4 is 5.32 Å². The maximum Gasteiger partial charge on any atom is 0.0626 e. The first-order chi connectivity index (χ1) is 7.29. The fraction of sp³-hybridized carbons (Fsp3) is 0.500. The molecule has 1 saturated carbocycles. The molecule has 0 heterocycles. The number of benzene rings is 1. The molecule has 0 bridgehead atoms. The van der Waals surface area contributed by atoms with Gasteiger partial charge in [0, 0.05) is 11.1 Å². The van der Waals surface area contributed by atoms with E-state index in [1.54, 1.807) is 0 Å². The molecular formula is C12H16ClNO. The van der Waals surface area contributed by atoms with Crippen molar-refractivity contribution in [1.29, 1.82) is 0 Å². The van der Waals surface area contributed by atoms with Crippen LogP contribution in [0.4, 0.5) is 0 Å². The molecule has 0 aliphatic heterocycles. The van der Waals surface area contributed by atoms with E-state index < -0.39 is 0 Å². The Morgan fingerprint density at radius 2 is 2.00 bits per heavy atom. The first-order valence-electron chi connectivity index (χ1n) is 5.42. The highest BCUT2D eigenvalue weighted by molar-refractivity contribution is 6.30. The number of aliphatic hydroxyl groups excluding tert-OH is 1. The Bertz CT molecular complexity index is 308. The molecule has 2 N–H and O–H groups in total. The highest BCUT2D eigenvalue weighted by Gasteiger charge is 2.21. The molecule has 1 fully saturated rings. The second-order valence-corrected chi connectivity index (χ2v) is 4.52. The Morgan fingerprint density at radius 3 is 2.47 bits per heavy atom. The van der Waals surface area contributed by atoms with Crippen molar-refractivity contribution in [3.8, 4) is 0 Å². The lowest BCUT2D eigenvalue weighted by atomic mass is 9.91. The van der Waals surface area contributed by atoms with Gasteiger partial charge in [-0.25, -0.2) is 0 Å². The van der Waals surface area contributed by atoms with Crippen LogP contribution in [0, 0.1) is 0 Å². The molecule has 0 saturated heterocycles. The van der Waals surface area contributed by atoms with Gasteiger partial charge in [0.15, 0.2) is 0 Å².